The third kappa shape index (κ3) is 5.35. The molecule has 19 heavy (non-hydrogen) atoms. The maximum atomic E-state index is 11.9. The fraction of sp³-hybridized carbons (Fsp3) is 0.333. The first-order chi connectivity index (χ1) is 9.10. The summed E-state index contributed by atoms with van der Waals surface area (Å²) in [5.74, 6) is 0.204. The third-order valence-corrected chi connectivity index (χ3v) is 2.51. The highest BCUT2D eigenvalue weighted by atomic mass is 32.1. The number of non-ortho nitro benzene ring substituents is 1. The highest BCUT2D eigenvalue weighted by molar-refractivity contribution is 7.80. The van der Waals surface area contributed by atoms with Crippen molar-refractivity contribution in [2.75, 3.05) is 12.3 Å². The summed E-state index contributed by atoms with van der Waals surface area (Å²) in [6, 6.07) is 5.39. The Morgan fingerprint density at radius 1 is 1.42 bits per heavy atom. The Balaban J connectivity index is 0.00000154. The van der Waals surface area contributed by atoms with Gasteiger partial charge in [-0.25, -0.2) is 0 Å². The van der Waals surface area contributed by atoms with Crippen molar-refractivity contribution in [2.24, 2.45) is 0 Å². The van der Waals surface area contributed by atoms with Crippen molar-refractivity contribution in [3.63, 3.8) is 0 Å². The Bertz CT molecular complexity index is 435. The largest absolute Gasteiger partial charge is 0.304 e. The van der Waals surface area contributed by atoms with Gasteiger partial charge < -0.3 is 4.90 Å². The van der Waals surface area contributed by atoms with Crippen LogP contribution in [0.4, 0.5) is 5.69 Å². The van der Waals surface area contributed by atoms with Gasteiger partial charge in [-0.1, -0.05) is 26.1 Å². The molecule has 0 N–H and O–H groups in total. The molecule has 104 valence electrons. The molecule has 0 atom stereocenters. The second-order valence-corrected chi connectivity index (χ2v) is 3.79. The number of nitro benzene ring substituents is 1. The molecule has 0 aliphatic carbocycles. The van der Waals surface area contributed by atoms with Gasteiger partial charge in [0.15, 0.2) is 0 Å². The van der Waals surface area contributed by atoms with Gasteiger partial charge in [0.2, 0.25) is 0 Å². The van der Waals surface area contributed by atoms with Crippen LogP contribution in [0.25, 0.3) is 0 Å². The zero-order valence-electron chi connectivity index (χ0n) is 10.8. The summed E-state index contributed by atoms with van der Waals surface area (Å²) in [5.41, 5.74) is 1.56. The van der Waals surface area contributed by atoms with Crippen LogP contribution < -0.4 is 0 Å². The smallest absolute Gasteiger partial charge is 0.269 e. The van der Waals surface area contributed by atoms with E-state index in [4.69, 9.17) is 12.2 Å². The molecule has 1 aromatic rings. The van der Waals surface area contributed by atoms with Gasteiger partial charge in [0.05, 0.1) is 10.4 Å². The summed E-state index contributed by atoms with van der Waals surface area (Å²) in [6.07, 6.45) is 0. The minimum absolute atomic E-state index is 0.0513. The van der Waals surface area contributed by atoms with Gasteiger partial charge in [-0.2, -0.15) is 12.6 Å². The Labute approximate surface area is 123 Å². The molecule has 1 rings (SSSR count). The minimum Gasteiger partial charge on any atom is -0.304 e. The fourth-order valence-corrected chi connectivity index (χ4v) is 1.62. The van der Waals surface area contributed by atoms with Crippen molar-refractivity contribution < 1.29 is 9.72 Å². The summed E-state index contributed by atoms with van der Waals surface area (Å²) in [7, 11) is 0. The number of nitro groups is 1. The molecule has 1 aromatic carbocycles. The van der Waals surface area contributed by atoms with E-state index in [2.05, 4.69) is 12.6 Å². The standard InChI is InChI=1S/C10H10N2O3S2.C2H6/c13-10(11(7-17)5-6-16)8-1-3-9(4-2-8)12(14)15;1-2/h1-4,7,16H,5-6H2;1-2H3. The molecule has 0 aliphatic heterocycles. The van der Waals surface area contributed by atoms with Crippen LogP contribution >= 0.6 is 24.8 Å². The Hall–Kier alpha value is -1.47. The number of carbonyl (C=O) groups excluding carboxylic acids is 1. The molecule has 0 radical (unpaired) electrons. The summed E-state index contributed by atoms with van der Waals surface area (Å²) >= 11 is 8.74. The third-order valence-electron chi connectivity index (χ3n) is 2.05. The van der Waals surface area contributed by atoms with Crippen molar-refractivity contribution in [3.05, 3.63) is 39.9 Å². The van der Waals surface area contributed by atoms with E-state index >= 15 is 0 Å². The quantitative estimate of drug-likeness (QED) is 0.393. The molecule has 0 spiro atoms. The van der Waals surface area contributed by atoms with Crippen molar-refractivity contribution in [1.82, 2.24) is 4.90 Å². The van der Waals surface area contributed by atoms with Crippen LogP contribution in [0, 0.1) is 10.1 Å². The summed E-state index contributed by atoms with van der Waals surface area (Å²) in [4.78, 5) is 23.1. The van der Waals surface area contributed by atoms with E-state index in [0.29, 0.717) is 17.9 Å². The number of thiol groups is 1. The highest BCUT2D eigenvalue weighted by Gasteiger charge is 2.14. The van der Waals surface area contributed by atoms with E-state index < -0.39 is 4.92 Å². The number of rotatable bonds is 5. The molecule has 0 aromatic heterocycles. The topological polar surface area (TPSA) is 63.4 Å². The predicted molar refractivity (Wildman–Crippen MR) is 83.0 cm³/mol. The van der Waals surface area contributed by atoms with E-state index in [1.165, 1.54) is 34.7 Å². The number of carbonyl (C=O) groups is 1. The van der Waals surface area contributed by atoms with Crippen LogP contribution in [0.1, 0.15) is 24.2 Å². The lowest BCUT2D eigenvalue weighted by molar-refractivity contribution is -0.384. The maximum absolute atomic E-state index is 11.9. The average molecular weight is 300 g/mol. The Kier molecular flexibility index (Phi) is 8.73. The molecule has 0 saturated heterocycles. The lowest BCUT2D eigenvalue weighted by Crippen LogP contribution is -2.30. The number of amides is 1. The summed E-state index contributed by atoms with van der Waals surface area (Å²) in [6.45, 7) is 4.41. The van der Waals surface area contributed by atoms with E-state index in [9.17, 15) is 14.9 Å². The van der Waals surface area contributed by atoms with Crippen molar-refractivity contribution in [1.29, 1.82) is 0 Å². The number of nitrogens with zero attached hydrogens (tertiary/aromatic N) is 2. The van der Waals surface area contributed by atoms with Gasteiger partial charge in [-0.05, 0) is 12.1 Å². The number of benzene rings is 1. The molecule has 0 aliphatic rings. The number of hydrogen-bond acceptors (Lipinski definition) is 5. The monoisotopic (exact) mass is 300 g/mol. The lowest BCUT2D eigenvalue weighted by Gasteiger charge is -2.15. The molecule has 0 saturated carbocycles. The predicted octanol–water partition coefficient (Wildman–Crippen LogP) is 2.95. The van der Waals surface area contributed by atoms with E-state index in [-0.39, 0.29) is 11.6 Å². The number of hydrogen-bond donors (Lipinski definition) is 1. The first kappa shape index (κ1) is 17.5. The van der Waals surface area contributed by atoms with E-state index in [1.807, 2.05) is 13.8 Å². The first-order valence-electron chi connectivity index (χ1n) is 5.71. The van der Waals surface area contributed by atoms with Crippen LogP contribution in [-0.4, -0.2) is 33.5 Å². The number of thiocarbonyl (C=S) groups is 1. The minimum atomic E-state index is -0.515. The molecule has 7 heteroatoms. The second-order valence-electron chi connectivity index (χ2n) is 3.13. The highest BCUT2D eigenvalue weighted by Crippen LogP contribution is 2.13. The Morgan fingerprint density at radius 2 is 1.95 bits per heavy atom. The molecule has 0 bridgehead atoms. The fourth-order valence-electron chi connectivity index (χ4n) is 1.20. The zero-order chi connectivity index (χ0) is 14.8. The molecular weight excluding hydrogens is 284 g/mol. The Morgan fingerprint density at radius 3 is 2.32 bits per heavy atom. The van der Waals surface area contributed by atoms with Crippen molar-refractivity contribution in [2.45, 2.75) is 13.8 Å². The normalized spacial score (nSPS) is 9.00. The zero-order valence-corrected chi connectivity index (χ0v) is 12.5. The second kappa shape index (κ2) is 9.46. The van der Waals surface area contributed by atoms with Gasteiger partial charge in [0, 0.05) is 30.0 Å². The first-order valence-corrected chi connectivity index (χ1v) is 6.82. The van der Waals surface area contributed by atoms with Crippen molar-refractivity contribution in [3.8, 4) is 0 Å². The van der Waals surface area contributed by atoms with Crippen LogP contribution in [-0.2, 0) is 0 Å². The molecule has 0 fully saturated rings. The van der Waals surface area contributed by atoms with E-state index in [1.54, 1.807) is 0 Å². The van der Waals surface area contributed by atoms with E-state index in [0.717, 1.165) is 0 Å². The van der Waals surface area contributed by atoms with Gasteiger partial charge in [-0.3, -0.25) is 14.9 Å². The van der Waals surface area contributed by atoms with Crippen molar-refractivity contribution >= 4 is 41.9 Å². The summed E-state index contributed by atoms with van der Waals surface area (Å²) in [5, 5.41) is 10.5. The van der Waals surface area contributed by atoms with Crippen LogP contribution in [0.15, 0.2) is 24.3 Å². The SMILES string of the molecule is CC.O=C(c1ccc([N+](=O)[O-])cc1)N(C=S)CCS. The van der Waals surface area contributed by atoms with Gasteiger partial charge in [-0.15, -0.1) is 0 Å². The van der Waals surface area contributed by atoms with Gasteiger partial charge in [0.1, 0.15) is 0 Å². The molecule has 1 amide bonds. The maximum Gasteiger partial charge on any atom is 0.269 e. The van der Waals surface area contributed by atoms with Crippen LogP contribution in [0.3, 0.4) is 0 Å². The average Bonchev–Trinajstić information content (AvgIpc) is 2.46. The molecular formula is C12H16N2O3S2. The van der Waals surface area contributed by atoms with Crippen LogP contribution in [0.2, 0.25) is 0 Å². The molecule has 0 heterocycles. The molecule has 5 nitrogen and oxygen atoms in total. The van der Waals surface area contributed by atoms with Gasteiger partial charge >= 0.3 is 0 Å². The van der Waals surface area contributed by atoms with Crippen LogP contribution in [0.5, 0.6) is 0 Å². The molecule has 0 unspecified atom stereocenters. The summed E-state index contributed by atoms with van der Waals surface area (Å²) < 4.78 is 0. The van der Waals surface area contributed by atoms with Gasteiger partial charge in [0.25, 0.3) is 11.6 Å². The lowest BCUT2D eigenvalue weighted by atomic mass is 10.2.